The van der Waals surface area contributed by atoms with Gasteiger partial charge in [-0.15, -0.1) is 0 Å². The highest BCUT2D eigenvalue weighted by atomic mass is 16.5. The fourth-order valence-electron chi connectivity index (χ4n) is 1.96. The van der Waals surface area contributed by atoms with Gasteiger partial charge in [-0.25, -0.2) is 4.79 Å². The van der Waals surface area contributed by atoms with Crippen LogP contribution in [0.25, 0.3) is 0 Å². The average molecular weight is 273 g/mol. The molecule has 1 fully saturated rings. The summed E-state index contributed by atoms with van der Waals surface area (Å²) in [5.74, 6) is -1.92. The van der Waals surface area contributed by atoms with Crippen LogP contribution in [0.3, 0.4) is 0 Å². The molecule has 1 aliphatic rings. The van der Waals surface area contributed by atoms with Crippen LogP contribution in [0.5, 0.6) is 0 Å². The van der Waals surface area contributed by atoms with Gasteiger partial charge in [0.25, 0.3) is 5.91 Å². The van der Waals surface area contributed by atoms with E-state index in [0.717, 1.165) is 0 Å². The zero-order valence-corrected chi connectivity index (χ0v) is 11.1. The number of esters is 1. The summed E-state index contributed by atoms with van der Waals surface area (Å²) in [6.07, 6.45) is -0.355. The molecule has 7 nitrogen and oxygen atoms in total. The van der Waals surface area contributed by atoms with Crippen LogP contribution < -0.4 is 0 Å². The van der Waals surface area contributed by atoms with Gasteiger partial charge in [0.2, 0.25) is 0 Å². The van der Waals surface area contributed by atoms with Crippen LogP contribution in [0, 0.1) is 0 Å². The standard InChI is InChI=1S/C12H19NO6/c1-3-6-13(7-10(14)18-2)11(15)8-4-5-9(19-8)12(16)17/h8-9H,3-7H2,1-2H3,(H,16,17)/t8-,9+/m0/s1. The number of hydrogen-bond acceptors (Lipinski definition) is 5. The van der Waals surface area contributed by atoms with Gasteiger partial charge in [-0.2, -0.15) is 0 Å². The van der Waals surface area contributed by atoms with E-state index in [1.54, 1.807) is 0 Å². The molecule has 0 bridgehead atoms. The predicted octanol–water partition coefficient (Wildman–Crippen LogP) is 0.0302. The number of methoxy groups -OCH3 is 1. The number of nitrogens with zero attached hydrogens (tertiary/aromatic N) is 1. The van der Waals surface area contributed by atoms with Gasteiger partial charge in [0.05, 0.1) is 7.11 Å². The van der Waals surface area contributed by atoms with Crippen LogP contribution >= 0.6 is 0 Å². The second kappa shape index (κ2) is 7.08. The zero-order chi connectivity index (χ0) is 14.4. The summed E-state index contributed by atoms with van der Waals surface area (Å²) in [5.41, 5.74) is 0. The number of hydrogen-bond donors (Lipinski definition) is 1. The van der Waals surface area contributed by atoms with Gasteiger partial charge >= 0.3 is 11.9 Å². The lowest BCUT2D eigenvalue weighted by Gasteiger charge is -2.23. The van der Waals surface area contributed by atoms with Crippen molar-refractivity contribution < 1.29 is 29.0 Å². The van der Waals surface area contributed by atoms with Gasteiger partial charge in [-0.1, -0.05) is 6.92 Å². The third kappa shape index (κ3) is 4.20. The number of amides is 1. The first-order chi connectivity index (χ1) is 8.99. The molecule has 1 aliphatic heterocycles. The Balaban J connectivity index is 2.61. The largest absolute Gasteiger partial charge is 0.479 e. The number of carbonyl (C=O) groups is 3. The van der Waals surface area contributed by atoms with Gasteiger partial charge in [0.15, 0.2) is 6.10 Å². The van der Waals surface area contributed by atoms with E-state index in [2.05, 4.69) is 4.74 Å². The summed E-state index contributed by atoms with van der Waals surface area (Å²) in [5, 5.41) is 8.81. The molecule has 0 aromatic rings. The molecule has 2 atom stereocenters. The Hall–Kier alpha value is -1.63. The van der Waals surface area contributed by atoms with Gasteiger partial charge in [-0.05, 0) is 19.3 Å². The molecule has 1 N–H and O–H groups in total. The smallest absolute Gasteiger partial charge is 0.332 e. The molecule has 0 radical (unpaired) electrons. The van der Waals surface area contributed by atoms with Crippen LogP contribution in [0.1, 0.15) is 26.2 Å². The highest BCUT2D eigenvalue weighted by Gasteiger charge is 2.37. The first kappa shape index (κ1) is 15.4. The molecule has 108 valence electrons. The van der Waals surface area contributed by atoms with E-state index in [1.807, 2.05) is 6.92 Å². The van der Waals surface area contributed by atoms with Crippen molar-refractivity contribution in [2.24, 2.45) is 0 Å². The topological polar surface area (TPSA) is 93.1 Å². The number of carbonyl (C=O) groups excluding carboxylic acids is 2. The summed E-state index contributed by atoms with van der Waals surface area (Å²) in [4.78, 5) is 35.5. The molecule has 1 saturated heterocycles. The maximum Gasteiger partial charge on any atom is 0.332 e. The fourth-order valence-corrected chi connectivity index (χ4v) is 1.96. The monoisotopic (exact) mass is 273 g/mol. The summed E-state index contributed by atoms with van der Waals surface area (Å²) in [6.45, 7) is 2.15. The van der Waals surface area contributed by atoms with Crippen LogP contribution in [0.15, 0.2) is 0 Å². The molecule has 0 spiro atoms. The molecular formula is C12H19NO6. The lowest BCUT2D eigenvalue weighted by Crippen LogP contribution is -2.43. The summed E-state index contributed by atoms with van der Waals surface area (Å²) in [7, 11) is 1.25. The van der Waals surface area contributed by atoms with E-state index in [0.29, 0.717) is 25.8 Å². The van der Waals surface area contributed by atoms with Crippen molar-refractivity contribution in [3.63, 3.8) is 0 Å². The Kier molecular flexibility index (Phi) is 5.75. The Morgan fingerprint density at radius 2 is 1.95 bits per heavy atom. The van der Waals surface area contributed by atoms with Crippen LogP contribution in [0.4, 0.5) is 0 Å². The Morgan fingerprint density at radius 3 is 2.42 bits per heavy atom. The minimum absolute atomic E-state index is 0.138. The first-order valence-corrected chi connectivity index (χ1v) is 6.23. The molecule has 0 unspecified atom stereocenters. The normalized spacial score (nSPS) is 22.0. The summed E-state index contributed by atoms with van der Waals surface area (Å²) in [6, 6.07) is 0. The highest BCUT2D eigenvalue weighted by Crippen LogP contribution is 2.21. The maximum absolute atomic E-state index is 12.2. The van der Waals surface area contributed by atoms with Gasteiger partial charge in [0, 0.05) is 6.54 Å². The molecule has 19 heavy (non-hydrogen) atoms. The van der Waals surface area contributed by atoms with Crippen molar-refractivity contribution in [3.05, 3.63) is 0 Å². The van der Waals surface area contributed by atoms with Gasteiger partial charge in [-0.3, -0.25) is 9.59 Å². The maximum atomic E-state index is 12.2. The first-order valence-electron chi connectivity index (χ1n) is 6.23. The highest BCUT2D eigenvalue weighted by molar-refractivity contribution is 5.86. The number of ether oxygens (including phenoxy) is 2. The summed E-state index contributed by atoms with van der Waals surface area (Å²) < 4.78 is 9.72. The molecule has 0 aliphatic carbocycles. The van der Waals surface area contributed by atoms with Crippen molar-refractivity contribution in [2.75, 3.05) is 20.2 Å². The SMILES string of the molecule is CCCN(CC(=O)OC)C(=O)[C@@H]1CC[C@H](C(=O)O)O1. The summed E-state index contributed by atoms with van der Waals surface area (Å²) >= 11 is 0. The molecule has 1 heterocycles. The van der Waals surface area contributed by atoms with Gasteiger partial charge < -0.3 is 19.5 Å². The van der Waals surface area contributed by atoms with E-state index < -0.39 is 24.1 Å². The van der Waals surface area contributed by atoms with Crippen LogP contribution in [-0.4, -0.2) is 60.3 Å². The molecule has 0 aromatic heterocycles. The van der Waals surface area contributed by atoms with E-state index in [9.17, 15) is 14.4 Å². The Bertz CT molecular complexity index is 356. The molecule has 0 aromatic carbocycles. The van der Waals surface area contributed by atoms with E-state index in [-0.39, 0.29) is 12.5 Å². The van der Waals surface area contributed by atoms with Crippen LogP contribution in [-0.2, 0) is 23.9 Å². The fraction of sp³-hybridized carbons (Fsp3) is 0.750. The van der Waals surface area contributed by atoms with Crippen molar-refractivity contribution in [2.45, 2.75) is 38.4 Å². The van der Waals surface area contributed by atoms with Crippen molar-refractivity contribution in [1.29, 1.82) is 0 Å². The second-order valence-electron chi connectivity index (χ2n) is 4.36. The van der Waals surface area contributed by atoms with E-state index in [4.69, 9.17) is 9.84 Å². The zero-order valence-electron chi connectivity index (χ0n) is 11.1. The van der Waals surface area contributed by atoms with E-state index >= 15 is 0 Å². The van der Waals surface area contributed by atoms with E-state index in [1.165, 1.54) is 12.0 Å². The number of carboxylic acid groups (broad SMARTS) is 1. The lowest BCUT2D eigenvalue weighted by atomic mass is 10.1. The predicted molar refractivity (Wildman–Crippen MR) is 64.4 cm³/mol. The third-order valence-corrected chi connectivity index (χ3v) is 2.92. The van der Waals surface area contributed by atoms with Crippen molar-refractivity contribution in [1.82, 2.24) is 4.90 Å². The molecule has 0 saturated carbocycles. The number of rotatable bonds is 6. The Labute approximate surface area is 111 Å². The van der Waals surface area contributed by atoms with Crippen molar-refractivity contribution in [3.8, 4) is 0 Å². The quantitative estimate of drug-likeness (QED) is 0.686. The minimum atomic E-state index is -1.06. The van der Waals surface area contributed by atoms with Crippen LogP contribution in [0.2, 0.25) is 0 Å². The molecule has 7 heteroatoms. The molecular weight excluding hydrogens is 254 g/mol. The molecule has 1 rings (SSSR count). The molecule has 1 amide bonds. The number of carboxylic acids is 1. The van der Waals surface area contributed by atoms with Gasteiger partial charge in [0.1, 0.15) is 12.6 Å². The third-order valence-electron chi connectivity index (χ3n) is 2.92. The number of aliphatic carboxylic acids is 1. The Morgan fingerprint density at radius 1 is 1.32 bits per heavy atom. The second-order valence-corrected chi connectivity index (χ2v) is 4.36. The van der Waals surface area contributed by atoms with Crippen molar-refractivity contribution >= 4 is 17.8 Å². The lowest BCUT2D eigenvalue weighted by molar-refractivity contribution is -0.157. The minimum Gasteiger partial charge on any atom is -0.479 e. The average Bonchev–Trinajstić information content (AvgIpc) is 2.86.